The maximum atomic E-state index is 12.3. The molecule has 7 nitrogen and oxygen atoms in total. The van der Waals surface area contributed by atoms with Gasteiger partial charge in [0, 0.05) is 11.6 Å². The summed E-state index contributed by atoms with van der Waals surface area (Å²) in [7, 11) is 1.61. The lowest BCUT2D eigenvalue weighted by molar-refractivity contribution is -0.131. The molecule has 0 fully saturated rings. The molecule has 2 rings (SSSR count). The summed E-state index contributed by atoms with van der Waals surface area (Å²) in [5.74, 6) is -0.450. The van der Waals surface area contributed by atoms with E-state index in [0.29, 0.717) is 5.56 Å². The van der Waals surface area contributed by atoms with Crippen molar-refractivity contribution < 1.29 is 19.5 Å². The number of carbonyl (C=O) groups excluding carboxylic acids is 2. The SMILES string of the molecule is COc1ccc(-c2ccc(C(=O)N[C@H](C(=O)NO)[C@@H](C)N)cc2)cc1. The zero-order chi connectivity index (χ0) is 18.4. The number of methoxy groups -OCH3 is 1. The minimum absolute atomic E-state index is 0.383. The number of rotatable bonds is 6. The second-order valence-electron chi connectivity index (χ2n) is 5.59. The van der Waals surface area contributed by atoms with E-state index in [9.17, 15) is 9.59 Å². The van der Waals surface area contributed by atoms with Crippen LogP contribution in [0.3, 0.4) is 0 Å². The lowest BCUT2D eigenvalue weighted by atomic mass is 10.0. The monoisotopic (exact) mass is 343 g/mol. The summed E-state index contributed by atoms with van der Waals surface area (Å²) in [5.41, 5.74) is 9.48. The van der Waals surface area contributed by atoms with Crippen LogP contribution < -0.4 is 21.3 Å². The highest BCUT2D eigenvalue weighted by molar-refractivity contribution is 5.98. The van der Waals surface area contributed by atoms with Gasteiger partial charge in [0.25, 0.3) is 11.8 Å². The molecular formula is C18H21N3O4. The van der Waals surface area contributed by atoms with Gasteiger partial charge in [-0.1, -0.05) is 24.3 Å². The summed E-state index contributed by atoms with van der Waals surface area (Å²) >= 11 is 0. The minimum Gasteiger partial charge on any atom is -0.497 e. The average molecular weight is 343 g/mol. The van der Waals surface area contributed by atoms with Crippen LogP contribution in [0.25, 0.3) is 11.1 Å². The van der Waals surface area contributed by atoms with Crippen molar-refractivity contribution in [1.29, 1.82) is 0 Å². The summed E-state index contributed by atoms with van der Waals surface area (Å²) in [6, 6.07) is 12.8. The molecule has 0 spiro atoms. The molecule has 2 amide bonds. The van der Waals surface area contributed by atoms with Crippen LogP contribution in [-0.2, 0) is 4.79 Å². The van der Waals surface area contributed by atoms with E-state index in [0.717, 1.165) is 16.9 Å². The second kappa shape index (κ2) is 8.27. The van der Waals surface area contributed by atoms with Gasteiger partial charge in [-0.15, -0.1) is 0 Å². The molecule has 5 N–H and O–H groups in total. The maximum Gasteiger partial charge on any atom is 0.267 e. The predicted molar refractivity (Wildman–Crippen MR) is 93.3 cm³/mol. The Balaban J connectivity index is 2.12. The largest absolute Gasteiger partial charge is 0.497 e. The molecule has 7 heteroatoms. The van der Waals surface area contributed by atoms with Crippen molar-refractivity contribution in [2.75, 3.05) is 7.11 Å². The van der Waals surface area contributed by atoms with Gasteiger partial charge in [0.2, 0.25) is 0 Å². The van der Waals surface area contributed by atoms with Gasteiger partial charge in [-0.3, -0.25) is 14.8 Å². The van der Waals surface area contributed by atoms with E-state index in [4.69, 9.17) is 15.7 Å². The Labute approximate surface area is 145 Å². The minimum atomic E-state index is -1.03. The molecule has 0 aromatic heterocycles. The topological polar surface area (TPSA) is 114 Å². The van der Waals surface area contributed by atoms with E-state index in [1.165, 1.54) is 5.48 Å². The van der Waals surface area contributed by atoms with Crippen LogP contribution in [-0.4, -0.2) is 36.2 Å². The number of carbonyl (C=O) groups is 2. The third kappa shape index (κ3) is 4.56. The number of hydrogen-bond donors (Lipinski definition) is 4. The number of benzene rings is 2. The van der Waals surface area contributed by atoms with E-state index in [1.807, 2.05) is 36.4 Å². The number of amides is 2. The summed E-state index contributed by atoms with van der Waals surface area (Å²) < 4.78 is 5.13. The quantitative estimate of drug-likeness (QED) is 0.466. The smallest absolute Gasteiger partial charge is 0.267 e. The van der Waals surface area contributed by atoms with Crippen molar-refractivity contribution in [2.24, 2.45) is 5.73 Å². The average Bonchev–Trinajstić information content (AvgIpc) is 2.65. The Hall–Kier alpha value is -2.90. The van der Waals surface area contributed by atoms with Crippen LogP contribution >= 0.6 is 0 Å². The lowest BCUT2D eigenvalue weighted by Crippen LogP contribution is -2.54. The molecule has 0 bridgehead atoms. The molecule has 0 aliphatic rings. The molecule has 0 radical (unpaired) electrons. The van der Waals surface area contributed by atoms with Crippen molar-refractivity contribution in [2.45, 2.75) is 19.0 Å². The molecular weight excluding hydrogens is 322 g/mol. The fourth-order valence-electron chi connectivity index (χ4n) is 2.33. The summed E-state index contributed by atoms with van der Waals surface area (Å²) in [4.78, 5) is 23.8. The van der Waals surface area contributed by atoms with Crippen molar-refractivity contribution in [3.05, 3.63) is 54.1 Å². The third-order valence-electron chi connectivity index (χ3n) is 3.78. The van der Waals surface area contributed by atoms with Crippen LogP contribution in [0.2, 0.25) is 0 Å². The molecule has 2 atom stereocenters. The van der Waals surface area contributed by atoms with Gasteiger partial charge in [-0.2, -0.15) is 0 Å². The van der Waals surface area contributed by atoms with Gasteiger partial charge in [0.15, 0.2) is 0 Å². The zero-order valence-corrected chi connectivity index (χ0v) is 14.0. The van der Waals surface area contributed by atoms with E-state index < -0.39 is 23.9 Å². The van der Waals surface area contributed by atoms with E-state index in [1.54, 1.807) is 26.2 Å². The van der Waals surface area contributed by atoms with E-state index in [-0.39, 0.29) is 0 Å². The van der Waals surface area contributed by atoms with Gasteiger partial charge in [0.05, 0.1) is 7.11 Å². The highest BCUT2D eigenvalue weighted by Crippen LogP contribution is 2.22. The van der Waals surface area contributed by atoms with Crippen LogP contribution in [0.1, 0.15) is 17.3 Å². The van der Waals surface area contributed by atoms with Crippen LogP contribution in [0, 0.1) is 0 Å². The third-order valence-corrected chi connectivity index (χ3v) is 3.78. The lowest BCUT2D eigenvalue weighted by Gasteiger charge is -2.20. The van der Waals surface area contributed by atoms with E-state index >= 15 is 0 Å². The first-order valence-electron chi connectivity index (χ1n) is 7.71. The molecule has 0 aliphatic heterocycles. The number of hydrogen-bond acceptors (Lipinski definition) is 5. The van der Waals surface area contributed by atoms with Gasteiger partial charge in [-0.05, 0) is 42.3 Å². The molecule has 25 heavy (non-hydrogen) atoms. The zero-order valence-electron chi connectivity index (χ0n) is 14.0. The van der Waals surface area contributed by atoms with Crippen molar-refractivity contribution in [1.82, 2.24) is 10.8 Å². The van der Waals surface area contributed by atoms with Crippen LogP contribution in [0.5, 0.6) is 5.75 Å². The first-order valence-corrected chi connectivity index (χ1v) is 7.71. The first kappa shape index (κ1) is 18.4. The highest BCUT2D eigenvalue weighted by Gasteiger charge is 2.24. The fourth-order valence-corrected chi connectivity index (χ4v) is 2.33. The second-order valence-corrected chi connectivity index (χ2v) is 5.59. The summed E-state index contributed by atoms with van der Waals surface area (Å²) in [6.45, 7) is 1.56. The molecule has 0 aliphatic carbocycles. The number of ether oxygens (including phenoxy) is 1. The van der Waals surface area contributed by atoms with Gasteiger partial charge in [0.1, 0.15) is 11.8 Å². The van der Waals surface area contributed by atoms with Crippen LogP contribution in [0.4, 0.5) is 0 Å². The van der Waals surface area contributed by atoms with Gasteiger partial charge in [-0.25, -0.2) is 5.48 Å². The predicted octanol–water partition coefficient (Wildman–Crippen LogP) is 1.31. The van der Waals surface area contributed by atoms with E-state index in [2.05, 4.69) is 5.32 Å². The fraction of sp³-hybridized carbons (Fsp3) is 0.222. The van der Waals surface area contributed by atoms with Gasteiger partial charge >= 0.3 is 0 Å². The highest BCUT2D eigenvalue weighted by atomic mass is 16.5. The number of nitrogens with one attached hydrogen (secondary N) is 2. The Morgan fingerprint density at radius 2 is 1.56 bits per heavy atom. The Kier molecular flexibility index (Phi) is 6.10. The Morgan fingerprint density at radius 3 is 2.00 bits per heavy atom. The number of hydroxylamine groups is 1. The van der Waals surface area contributed by atoms with Crippen molar-refractivity contribution in [3.8, 4) is 16.9 Å². The number of nitrogens with two attached hydrogens (primary N) is 1. The van der Waals surface area contributed by atoms with Gasteiger partial charge < -0.3 is 15.8 Å². The Bertz CT molecular complexity index is 727. The normalized spacial score (nSPS) is 12.8. The molecule has 132 valence electrons. The molecule has 2 aromatic rings. The molecule has 0 heterocycles. The molecule has 2 aromatic carbocycles. The van der Waals surface area contributed by atoms with Crippen molar-refractivity contribution >= 4 is 11.8 Å². The molecule has 0 saturated heterocycles. The molecule has 0 saturated carbocycles. The van der Waals surface area contributed by atoms with Crippen molar-refractivity contribution in [3.63, 3.8) is 0 Å². The first-order chi connectivity index (χ1) is 12.0. The molecule has 0 unspecified atom stereocenters. The standard InChI is InChI=1S/C18H21N3O4/c1-11(19)16(18(23)21-24)20-17(22)14-5-3-12(4-6-14)13-7-9-15(25-2)10-8-13/h3-11,16,24H,19H2,1-2H3,(H,20,22)(H,21,23)/t11-,16+/m1/s1. The Morgan fingerprint density at radius 1 is 1.04 bits per heavy atom. The summed E-state index contributed by atoms with van der Waals surface area (Å²) in [6.07, 6.45) is 0. The van der Waals surface area contributed by atoms with Crippen LogP contribution in [0.15, 0.2) is 48.5 Å². The maximum absolute atomic E-state index is 12.3. The summed E-state index contributed by atoms with van der Waals surface area (Å²) in [5, 5.41) is 11.2.